The molecule has 18 heavy (non-hydrogen) atoms. The molecule has 0 fully saturated rings. The Bertz CT molecular complexity index is 633. The van der Waals surface area contributed by atoms with E-state index in [9.17, 15) is 14.9 Å². The number of benzene rings is 1. The minimum atomic E-state index is -0.482. The molecule has 0 radical (unpaired) electrons. The summed E-state index contributed by atoms with van der Waals surface area (Å²) in [5.41, 5.74) is 2.08. The summed E-state index contributed by atoms with van der Waals surface area (Å²) in [6, 6.07) is 3.13. The average molecular weight is 246 g/mol. The zero-order chi connectivity index (χ0) is 13.3. The van der Waals surface area contributed by atoms with E-state index in [1.165, 1.54) is 16.9 Å². The monoisotopic (exact) mass is 246 g/mol. The van der Waals surface area contributed by atoms with Crippen LogP contribution in [0.15, 0.2) is 18.3 Å². The predicted octanol–water partition coefficient (Wildman–Crippen LogP) is 1.60. The van der Waals surface area contributed by atoms with Crippen molar-refractivity contribution in [3.05, 3.63) is 45.3 Å². The molecule has 0 amide bonds. The van der Waals surface area contributed by atoms with Gasteiger partial charge in [0.05, 0.1) is 11.1 Å². The average Bonchev–Trinajstić information content (AvgIpc) is 2.80. The standard InChI is InChI=1S/C11H10N4O3/c1-7-3-10(11(15(17)18)4-8(7)2)14-5-9(6-16)12-13-14/h3-6H,1-2H3. The van der Waals surface area contributed by atoms with Gasteiger partial charge in [-0.3, -0.25) is 14.9 Å². The highest BCUT2D eigenvalue weighted by Gasteiger charge is 2.18. The van der Waals surface area contributed by atoms with Gasteiger partial charge in [-0.25, -0.2) is 4.68 Å². The highest BCUT2D eigenvalue weighted by atomic mass is 16.6. The van der Waals surface area contributed by atoms with Gasteiger partial charge in [0.15, 0.2) is 6.29 Å². The van der Waals surface area contributed by atoms with Gasteiger partial charge in [-0.05, 0) is 31.0 Å². The Morgan fingerprint density at radius 3 is 2.56 bits per heavy atom. The SMILES string of the molecule is Cc1cc(-n2cc(C=O)nn2)c([N+](=O)[O-])cc1C. The first-order valence-corrected chi connectivity index (χ1v) is 5.16. The first-order chi connectivity index (χ1) is 8.52. The lowest BCUT2D eigenvalue weighted by Crippen LogP contribution is -2.02. The molecular weight excluding hydrogens is 236 g/mol. The molecule has 2 aromatic rings. The van der Waals surface area contributed by atoms with Crippen molar-refractivity contribution in [3.63, 3.8) is 0 Å². The van der Waals surface area contributed by atoms with Gasteiger partial charge in [-0.15, -0.1) is 5.10 Å². The van der Waals surface area contributed by atoms with Crippen molar-refractivity contribution in [2.45, 2.75) is 13.8 Å². The highest BCUT2D eigenvalue weighted by Crippen LogP contribution is 2.25. The van der Waals surface area contributed by atoms with Crippen LogP contribution >= 0.6 is 0 Å². The Kier molecular flexibility index (Phi) is 2.88. The summed E-state index contributed by atoms with van der Waals surface area (Å²) < 4.78 is 1.23. The van der Waals surface area contributed by atoms with Crippen LogP contribution in [0.1, 0.15) is 21.6 Å². The minimum Gasteiger partial charge on any atom is -0.296 e. The normalized spacial score (nSPS) is 10.3. The second-order valence-corrected chi connectivity index (χ2v) is 3.89. The molecule has 0 aliphatic rings. The fourth-order valence-electron chi connectivity index (χ4n) is 1.56. The Balaban J connectivity index is 2.65. The molecule has 0 saturated carbocycles. The number of rotatable bonds is 3. The van der Waals surface area contributed by atoms with E-state index in [0.29, 0.717) is 12.0 Å². The molecule has 0 unspecified atom stereocenters. The molecule has 0 N–H and O–H groups in total. The number of nitrogens with zero attached hydrogens (tertiary/aromatic N) is 4. The van der Waals surface area contributed by atoms with Gasteiger partial charge >= 0.3 is 0 Å². The van der Waals surface area contributed by atoms with Gasteiger partial charge in [-0.1, -0.05) is 5.21 Å². The van der Waals surface area contributed by atoms with Crippen molar-refractivity contribution in [1.29, 1.82) is 0 Å². The van der Waals surface area contributed by atoms with Crippen LogP contribution in [0.3, 0.4) is 0 Å². The number of hydrogen-bond acceptors (Lipinski definition) is 5. The molecule has 1 aromatic carbocycles. The lowest BCUT2D eigenvalue weighted by molar-refractivity contribution is -0.384. The molecular formula is C11H10N4O3. The van der Waals surface area contributed by atoms with E-state index in [1.807, 2.05) is 6.92 Å². The Labute approximate surface area is 102 Å². The molecule has 92 valence electrons. The van der Waals surface area contributed by atoms with Gasteiger partial charge in [0.1, 0.15) is 11.4 Å². The summed E-state index contributed by atoms with van der Waals surface area (Å²) in [5.74, 6) is 0. The molecule has 0 atom stereocenters. The molecule has 0 bridgehead atoms. The third-order valence-corrected chi connectivity index (χ3v) is 2.67. The van der Waals surface area contributed by atoms with Crippen LogP contribution in [0.4, 0.5) is 5.69 Å². The molecule has 0 aliphatic carbocycles. The zero-order valence-corrected chi connectivity index (χ0v) is 9.82. The van der Waals surface area contributed by atoms with Crippen molar-refractivity contribution < 1.29 is 9.72 Å². The van der Waals surface area contributed by atoms with E-state index in [0.717, 1.165) is 11.1 Å². The molecule has 0 saturated heterocycles. The molecule has 0 aliphatic heterocycles. The third-order valence-electron chi connectivity index (χ3n) is 2.67. The highest BCUT2D eigenvalue weighted by molar-refractivity contribution is 5.71. The summed E-state index contributed by atoms with van der Waals surface area (Å²) in [6.45, 7) is 3.64. The molecule has 7 heteroatoms. The Morgan fingerprint density at radius 2 is 2.00 bits per heavy atom. The first-order valence-electron chi connectivity index (χ1n) is 5.16. The van der Waals surface area contributed by atoms with Crippen molar-refractivity contribution in [2.24, 2.45) is 0 Å². The molecule has 7 nitrogen and oxygen atoms in total. The van der Waals surface area contributed by atoms with Gasteiger partial charge < -0.3 is 0 Å². The fraction of sp³-hybridized carbons (Fsp3) is 0.182. The summed E-state index contributed by atoms with van der Waals surface area (Å²) in [5, 5.41) is 18.3. The third kappa shape index (κ3) is 1.97. The number of hydrogen-bond donors (Lipinski definition) is 0. The number of carbonyl (C=O) groups is 1. The molecule has 2 rings (SSSR count). The van der Waals surface area contributed by atoms with Crippen LogP contribution in [0.5, 0.6) is 0 Å². The lowest BCUT2D eigenvalue weighted by atomic mass is 10.1. The van der Waals surface area contributed by atoms with Crippen LogP contribution in [0.25, 0.3) is 5.69 Å². The Morgan fingerprint density at radius 1 is 1.33 bits per heavy atom. The Hall–Kier alpha value is -2.57. The second-order valence-electron chi connectivity index (χ2n) is 3.89. The van der Waals surface area contributed by atoms with E-state index < -0.39 is 4.92 Å². The maximum absolute atomic E-state index is 11.0. The van der Waals surface area contributed by atoms with Gasteiger partial charge in [0.25, 0.3) is 5.69 Å². The van der Waals surface area contributed by atoms with Gasteiger partial charge in [0, 0.05) is 6.07 Å². The number of aldehydes is 1. The van der Waals surface area contributed by atoms with E-state index in [2.05, 4.69) is 10.3 Å². The van der Waals surface area contributed by atoms with Crippen molar-refractivity contribution >= 4 is 12.0 Å². The van der Waals surface area contributed by atoms with E-state index in [-0.39, 0.29) is 11.4 Å². The smallest absolute Gasteiger partial charge is 0.295 e. The maximum atomic E-state index is 11.0. The fourth-order valence-corrected chi connectivity index (χ4v) is 1.56. The summed E-state index contributed by atoms with van der Waals surface area (Å²) in [4.78, 5) is 21.1. The summed E-state index contributed by atoms with van der Waals surface area (Å²) >= 11 is 0. The van der Waals surface area contributed by atoms with Crippen LogP contribution in [-0.4, -0.2) is 26.2 Å². The summed E-state index contributed by atoms with van der Waals surface area (Å²) in [6.07, 6.45) is 1.89. The quantitative estimate of drug-likeness (QED) is 0.466. The number of nitro benzene ring substituents is 1. The van der Waals surface area contributed by atoms with Crippen LogP contribution in [0, 0.1) is 24.0 Å². The largest absolute Gasteiger partial charge is 0.296 e. The van der Waals surface area contributed by atoms with Crippen LogP contribution < -0.4 is 0 Å². The van der Waals surface area contributed by atoms with Crippen molar-refractivity contribution in [1.82, 2.24) is 15.0 Å². The maximum Gasteiger partial charge on any atom is 0.295 e. The minimum absolute atomic E-state index is 0.0690. The van der Waals surface area contributed by atoms with Crippen LogP contribution in [-0.2, 0) is 0 Å². The molecule has 0 spiro atoms. The molecule has 1 aromatic heterocycles. The molecule has 1 heterocycles. The predicted molar refractivity (Wildman–Crippen MR) is 62.9 cm³/mol. The van der Waals surface area contributed by atoms with Gasteiger partial charge in [0.2, 0.25) is 0 Å². The van der Waals surface area contributed by atoms with E-state index in [4.69, 9.17) is 0 Å². The number of carbonyl (C=O) groups excluding carboxylic acids is 1. The lowest BCUT2D eigenvalue weighted by Gasteiger charge is -2.05. The van der Waals surface area contributed by atoms with Crippen molar-refractivity contribution in [3.8, 4) is 5.69 Å². The van der Waals surface area contributed by atoms with E-state index in [1.54, 1.807) is 13.0 Å². The number of aromatic nitrogens is 3. The van der Waals surface area contributed by atoms with Gasteiger partial charge in [-0.2, -0.15) is 0 Å². The topological polar surface area (TPSA) is 90.9 Å². The first kappa shape index (κ1) is 11.9. The second kappa shape index (κ2) is 4.36. The van der Waals surface area contributed by atoms with Crippen molar-refractivity contribution in [2.75, 3.05) is 0 Å². The number of aryl methyl sites for hydroxylation is 2. The zero-order valence-electron chi connectivity index (χ0n) is 9.82. The van der Waals surface area contributed by atoms with Crippen LogP contribution in [0.2, 0.25) is 0 Å². The summed E-state index contributed by atoms with van der Waals surface area (Å²) in [7, 11) is 0. The number of nitro groups is 1. The van der Waals surface area contributed by atoms with E-state index >= 15 is 0 Å².